The summed E-state index contributed by atoms with van der Waals surface area (Å²) in [5.41, 5.74) is 4.75. The average Bonchev–Trinajstić information content (AvgIpc) is 2.67. The van der Waals surface area contributed by atoms with E-state index in [0.717, 1.165) is 6.42 Å². The van der Waals surface area contributed by atoms with Crippen molar-refractivity contribution in [1.29, 1.82) is 0 Å². The summed E-state index contributed by atoms with van der Waals surface area (Å²) in [4.78, 5) is 4.05. The van der Waals surface area contributed by atoms with Crippen molar-refractivity contribution in [2.45, 2.75) is 45.6 Å². The molecule has 2 rings (SSSR count). The zero-order chi connectivity index (χ0) is 12.3. The van der Waals surface area contributed by atoms with Gasteiger partial charge in [-0.15, -0.1) is 0 Å². The minimum absolute atomic E-state index is 0.370. The molecule has 2 unspecified atom stereocenters. The molecule has 0 radical (unpaired) electrons. The van der Waals surface area contributed by atoms with Gasteiger partial charge >= 0.3 is 0 Å². The molecule has 1 aromatic rings. The maximum Gasteiger partial charge on any atom is 0.0284 e. The van der Waals surface area contributed by atoms with Gasteiger partial charge in [-0.3, -0.25) is 16.3 Å². The van der Waals surface area contributed by atoms with Gasteiger partial charge in [-0.1, -0.05) is 20.3 Å². The van der Waals surface area contributed by atoms with Crippen molar-refractivity contribution in [3.63, 3.8) is 0 Å². The topological polar surface area (TPSA) is 50.9 Å². The number of nitrogens with two attached hydrogens (primary N) is 1. The van der Waals surface area contributed by atoms with Gasteiger partial charge < -0.3 is 0 Å². The fourth-order valence-corrected chi connectivity index (χ4v) is 3.19. The lowest BCUT2D eigenvalue weighted by atomic mass is 9.76. The summed E-state index contributed by atoms with van der Waals surface area (Å²) in [5.74, 6) is 6.42. The number of nitrogens with zero attached hydrogens (tertiary/aromatic N) is 1. The van der Waals surface area contributed by atoms with Crippen LogP contribution in [0.15, 0.2) is 24.5 Å². The number of rotatable bonds is 4. The summed E-state index contributed by atoms with van der Waals surface area (Å²) < 4.78 is 0. The second-order valence-corrected chi connectivity index (χ2v) is 5.82. The largest absolute Gasteiger partial charge is 0.271 e. The molecule has 3 nitrogen and oxygen atoms in total. The van der Waals surface area contributed by atoms with Crippen LogP contribution < -0.4 is 11.3 Å². The van der Waals surface area contributed by atoms with Gasteiger partial charge in [0.25, 0.3) is 0 Å². The zero-order valence-corrected chi connectivity index (χ0v) is 10.8. The minimum atomic E-state index is 0.370. The van der Waals surface area contributed by atoms with Gasteiger partial charge in [-0.2, -0.15) is 0 Å². The first-order valence-corrected chi connectivity index (χ1v) is 6.48. The quantitative estimate of drug-likeness (QED) is 0.619. The molecule has 3 N–H and O–H groups in total. The number of aromatic nitrogens is 1. The molecule has 1 aliphatic rings. The second-order valence-electron chi connectivity index (χ2n) is 5.82. The maximum absolute atomic E-state index is 5.76. The van der Waals surface area contributed by atoms with Gasteiger partial charge in [-0.25, -0.2) is 0 Å². The minimum Gasteiger partial charge on any atom is -0.271 e. The van der Waals surface area contributed by atoms with E-state index in [1.54, 1.807) is 0 Å². The Balaban J connectivity index is 2.07. The predicted octanol–water partition coefficient (Wildman–Crippen LogP) is 2.28. The molecule has 0 aromatic carbocycles. The van der Waals surface area contributed by atoms with Crippen LogP contribution in [-0.4, -0.2) is 11.0 Å². The molecule has 2 atom stereocenters. The smallest absolute Gasteiger partial charge is 0.0284 e. The highest BCUT2D eigenvalue weighted by atomic mass is 15.2. The van der Waals surface area contributed by atoms with Gasteiger partial charge in [0.2, 0.25) is 0 Å². The number of hydrazine groups is 1. The zero-order valence-electron chi connectivity index (χ0n) is 10.8. The van der Waals surface area contributed by atoms with E-state index >= 15 is 0 Å². The fraction of sp³-hybridized carbons (Fsp3) is 0.643. The van der Waals surface area contributed by atoms with Crippen LogP contribution in [0.4, 0.5) is 0 Å². The van der Waals surface area contributed by atoms with Crippen LogP contribution in [0.5, 0.6) is 0 Å². The number of hydrogen-bond acceptors (Lipinski definition) is 3. The molecular formula is C14H23N3. The van der Waals surface area contributed by atoms with E-state index in [-0.39, 0.29) is 0 Å². The Hall–Kier alpha value is -0.930. The van der Waals surface area contributed by atoms with Gasteiger partial charge in [0.05, 0.1) is 0 Å². The lowest BCUT2D eigenvalue weighted by Crippen LogP contribution is -2.45. The Morgan fingerprint density at radius 1 is 1.47 bits per heavy atom. The molecule has 1 heterocycles. The molecule has 0 saturated heterocycles. The molecule has 0 amide bonds. The summed E-state index contributed by atoms with van der Waals surface area (Å²) in [6.45, 7) is 4.73. The van der Waals surface area contributed by atoms with E-state index < -0.39 is 0 Å². The summed E-state index contributed by atoms with van der Waals surface area (Å²) in [7, 11) is 0. The van der Waals surface area contributed by atoms with Crippen molar-refractivity contribution >= 4 is 0 Å². The normalized spacial score (nSPS) is 24.8. The van der Waals surface area contributed by atoms with E-state index in [2.05, 4.69) is 36.4 Å². The van der Waals surface area contributed by atoms with Crippen molar-refractivity contribution in [3.8, 4) is 0 Å². The summed E-state index contributed by atoms with van der Waals surface area (Å²) in [6.07, 6.45) is 8.61. The highest BCUT2D eigenvalue weighted by Gasteiger charge is 2.38. The molecule has 1 fully saturated rings. The van der Waals surface area contributed by atoms with Gasteiger partial charge in [0, 0.05) is 18.4 Å². The Kier molecular flexibility index (Phi) is 3.79. The SMILES string of the molecule is CC1(C)CCCC1C(Cc1ccncc1)NN. The Morgan fingerprint density at radius 3 is 2.71 bits per heavy atom. The fourth-order valence-electron chi connectivity index (χ4n) is 3.19. The number of nitrogens with one attached hydrogen (secondary N) is 1. The van der Waals surface area contributed by atoms with Gasteiger partial charge in [0.15, 0.2) is 0 Å². The Bertz CT molecular complexity index is 348. The summed E-state index contributed by atoms with van der Waals surface area (Å²) in [5, 5.41) is 0. The molecular weight excluding hydrogens is 210 g/mol. The van der Waals surface area contributed by atoms with Crippen LogP contribution in [0, 0.1) is 11.3 Å². The van der Waals surface area contributed by atoms with Crippen LogP contribution in [0.2, 0.25) is 0 Å². The van der Waals surface area contributed by atoms with E-state index in [1.807, 2.05) is 12.4 Å². The molecule has 94 valence electrons. The summed E-state index contributed by atoms with van der Waals surface area (Å²) >= 11 is 0. The van der Waals surface area contributed by atoms with Crippen molar-refractivity contribution in [2.24, 2.45) is 17.2 Å². The molecule has 17 heavy (non-hydrogen) atoms. The molecule has 1 aromatic heterocycles. The monoisotopic (exact) mass is 233 g/mol. The lowest BCUT2D eigenvalue weighted by Gasteiger charge is -2.34. The average molecular weight is 233 g/mol. The third kappa shape index (κ3) is 2.85. The van der Waals surface area contributed by atoms with Gasteiger partial charge in [-0.05, 0) is 48.3 Å². The van der Waals surface area contributed by atoms with E-state index in [0.29, 0.717) is 17.4 Å². The Morgan fingerprint density at radius 2 is 2.18 bits per heavy atom. The van der Waals surface area contributed by atoms with Crippen molar-refractivity contribution in [3.05, 3.63) is 30.1 Å². The van der Waals surface area contributed by atoms with Crippen LogP contribution in [-0.2, 0) is 6.42 Å². The molecule has 1 saturated carbocycles. The third-order valence-corrected chi connectivity index (χ3v) is 4.24. The standard InChI is InChI=1S/C14H23N3/c1-14(2)7-3-4-12(14)13(17-15)10-11-5-8-16-9-6-11/h5-6,8-9,12-13,17H,3-4,7,10,15H2,1-2H3. The van der Waals surface area contributed by atoms with E-state index in [9.17, 15) is 0 Å². The molecule has 1 aliphatic carbocycles. The third-order valence-electron chi connectivity index (χ3n) is 4.24. The number of pyridine rings is 1. The molecule has 0 aliphatic heterocycles. The number of hydrogen-bond donors (Lipinski definition) is 2. The molecule has 0 spiro atoms. The molecule has 3 heteroatoms. The van der Waals surface area contributed by atoms with Crippen LogP contribution in [0.3, 0.4) is 0 Å². The summed E-state index contributed by atoms with van der Waals surface area (Å²) in [6, 6.07) is 4.52. The highest BCUT2D eigenvalue weighted by molar-refractivity contribution is 5.12. The first-order chi connectivity index (χ1) is 8.13. The second kappa shape index (κ2) is 5.15. The van der Waals surface area contributed by atoms with E-state index in [4.69, 9.17) is 5.84 Å². The first-order valence-electron chi connectivity index (χ1n) is 6.48. The maximum atomic E-state index is 5.76. The van der Waals surface area contributed by atoms with Gasteiger partial charge in [0.1, 0.15) is 0 Å². The van der Waals surface area contributed by atoms with Crippen LogP contribution >= 0.6 is 0 Å². The van der Waals surface area contributed by atoms with Crippen molar-refractivity contribution in [1.82, 2.24) is 10.4 Å². The van der Waals surface area contributed by atoms with Crippen LogP contribution in [0.25, 0.3) is 0 Å². The van der Waals surface area contributed by atoms with Crippen molar-refractivity contribution in [2.75, 3.05) is 0 Å². The highest BCUT2D eigenvalue weighted by Crippen LogP contribution is 2.44. The Labute approximate surface area is 104 Å². The van der Waals surface area contributed by atoms with E-state index in [1.165, 1.54) is 24.8 Å². The first kappa shape index (κ1) is 12.5. The lowest BCUT2D eigenvalue weighted by molar-refractivity contribution is 0.196. The molecule has 0 bridgehead atoms. The van der Waals surface area contributed by atoms with Crippen molar-refractivity contribution < 1.29 is 0 Å². The predicted molar refractivity (Wildman–Crippen MR) is 70.2 cm³/mol. The van der Waals surface area contributed by atoms with Crippen LogP contribution in [0.1, 0.15) is 38.7 Å².